The molecule has 0 radical (unpaired) electrons. The molecule has 0 saturated carbocycles. The first kappa shape index (κ1) is 90.4. The second-order valence-electron chi connectivity index (χ2n) is 28.4. The van der Waals surface area contributed by atoms with Gasteiger partial charge in [0.25, 0.3) is 0 Å². The van der Waals surface area contributed by atoms with Crippen molar-refractivity contribution in [3.63, 3.8) is 0 Å². The number of aromatic nitrogens is 9. The van der Waals surface area contributed by atoms with Crippen LogP contribution >= 0.6 is 0 Å². The van der Waals surface area contributed by atoms with Crippen molar-refractivity contribution in [2.45, 2.75) is 252 Å². The summed E-state index contributed by atoms with van der Waals surface area (Å²) in [7, 11) is 0. The highest BCUT2D eigenvalue weighted by Gasteiger charge is 2.30. The van der Waals surface area contributed by atoms with Crippen molar-refractivity contribution in [2.24, 2.45) is 0 Å². The van der Waals surface area contributed by atoms with E-state index in [9.17, 15) is 13.2 Å². The SMILES string of the molecule is CC(C)c1ccc(C(F)(F)F)cc1.CC(C)c1ccccn1.CC(C)c1cccnc1.Cc1ccc(C(C)C)cn1.Cc1ccc(C(C)C)cn1.Cc1ccc(C(C)C)cn1.Cc1ccc(C(C)C)cn1.Cc1ccc(C(C)C)nc1.Cc1ccc(C(C)C)nc1.Cc1cccc(C(C)C)n1. The second-order valence-corrected chi connectivity index (χ2v) is 28.4. The predicted octanol–water partition coefficient (Wildman–Crippen LogP) is 25.8. The summed E-state index contributed by atoms with van der Waals surface area (Å²) >= 11 is 0. The molecule has 0 N–H and O–H groups in total. The highest BCUT2D eigenvalue weighted by atomic mass is 19.4. The molecule has 0 aliphatic rings. The number of pyridine rings is 9. The second kappa shape index (κ2) is 49.0. The molecule has 0 spiro atoms. The lowest BCUT2D eigenvalue weighted by atomic mass is 10.0. The summed E-state index contributed by atoms with van der Waals surface area (Å²) in [5.74, 6) is 5.40. The van der Waals surface area contributed by atoms with Crippen LogP contribution in [0.25, 0.3) is 0 Å². The summed E-state index contributed by atoms with van der Waals surface area (Å²) < 4.78 is 36.4. The zero-order chi connectivity index (χ0) is 76.4. The van der Waals surface area contributed by atoms with Crippen molar-refractivity contribution in [3.8, 4) is 0 Å². The van der Waals surface area contributed by atoms with Crippen molar-refractivity contribution < 1.29 is 13.2 Å². The first-order valence-corrected chi connectivity index (χ1v) is 35.9. The topological polar surface area (TPSA) is 116 Å². The van der Waals surface area contributed by atoms with Crippen molar-refractivity contribution in [3.05, 3.63) is 303 Å². The van der Waals surface area contributed by atoms with Gasteiger partial charge in [-0.1, -0.05) is 205 Å². The number of aryl methyl sites for hydroxylation is 7. The van der Waals surface area contributed by atoms with Gasteiger partial charge in [-0.25, -0.2) is 0 Å². The first-order chi connectivity index (χ1) is 47.4. The largest absolute Gasteiger partial charge is 0.416 e. The molecule has 0 aliphatic heterocycles. The summed E-state index contributed by atoms with van der Waals surface area (Å²) in [5.41, 5.74) is 19.5. The number of alkyl halides is 3. The Kier molecular flexibility index (Phi) is 43.9. The summed E-state index contributed by atoms with van der Waals surface area (Å²) in [6, 6.07) is 46.6. The van der Waals surface area contributed by atoms with E-state index in [0.29, 0.717) is 53.3 Å². The van der Waals surface area contributed by atoms with Crippen LogP contribution in [0, 0.1) is 48.5 Å². The smallest absolute Gasteiger partial charge is 0.264 e. The summed E-state index contributed by atoms with van der Waals surface area (Å²) in [5, 5.41) is 0. The van der Waals surface area contributed by atoms with E-state index >= 15 is 0 Å². The maximum Gasteiger partial charge on any atom is 0.416 e. The van der Waals surface area contributed by atoms with E-state index in [1.54, 1.807) is 6.20 Å². The van der Waals surface area contributed by atoms with Crippen LogP contribution in [-0.4, -0.2) is 44.9 Å². The molecule has 10 rings (SSSR count). The van der Waals surface area contributed by atoms with Gasteiger partial charge >= 0.3 is 6.18 Å². The Labute approximate surface area is 609 Å². The standard InChI is InChI=1S/C10H11F3.7C9H13N.2C8H11N/c1-7(2)8-3-5-9(6-4-8)10(11,12)13;4*1-7(2)9-5-4-8(3)10-6-9;2*1-7(2)9-5-4-8(3)6-10-9;1-7(2)9-6-4-5-8(3)10-9;1-7(2)8-4-3-5-9-6-8;1-7(2)8-5-3-4-6-9-8/h3-7H,1-2H3;7*4-7H,1-3H3;2*3-7H,1-2H3. The molecule has 0 amide bonds. The van der Waals surface area contributed by atoms with Crippen LogP contribution in [0.15, 0.2) is 201 Å². The van der Waals surface area contributed by atoms with Gasteiger partial charge in [0, 0.05) is 107 Å². The zero-order valence-corrected chi connectivity index (χ0v) is 66.5. The van der Waals surface area contributed by atoms with Gasteiger partial charge in [0.1, 0.15) is 0 Å². The molecule has 0 saturated heterocycles. The molecule has 9 heterocycles. The third kappa shape index (κ3) is 41.0. The Morgan fingerprint density at radius 1 is 0.238 bits per heavy atom. The Balaban J connectivity index is 0.000000562. The van der Waals surface area contributed by atoms with Crippen molar-refractivity contribution in [2.75, 3.05) is 0 Å². The number of rotatable bonds is 10. The third-order valence-electron chi connectivity index (χ3n) is 15.5. The van der Waals surface area contributed by atoms with Gasteiger partial charge in [0.05, 0.1) is 5.56 Å². The van der Waals surface area contributed by atoms with E-state index in [1.165, 1.54) is 68.2 Å². The van der Waals surface area contributed by atoms with E-state index in [4.69, 9.17) is 0 Å². The monoisotopic (exact) mass is 1380 g/mol. The number of hydrogen-bond acceptors (Lipinski definition) is 9. The van der Waals surface area contributed by atoms with E-state index in [1.807, 2.05) is 128 Å². The van der Waals surface area contributed by atoms with Crippen LogP contribution in [0.3, 0.4) is 0 Å². The molecular weight excluding hydrogens is 1250 g/mol. The Bertz CT molecular complexity index is 3230. The molecule has 1 aromatic carbocycles. The average Bonchev–Trinajstić information content (AvgIpc) is 0.856. The lowest BCUT2D eigenvalue weighted by Gasteiger charge is -2.09. The highest BCUT2D eigenvalue weighted by Crippen LogP contribution is 2.30. The summed E-state index contributed by atoms with van der Waals surface area (Å²) in [6.45, 7) is 56.9. The Morgan fingerprint density at radius 2 is 0.564 bits per heavy atom. The maximum atomic E-state index is 12.1. The van der Waals surface area contributed by atoms with Crippen LogP contribution in [0.2, 0.25) is 0 Å². The number of hydrogen-bond donors (Lipinski definition) is 0. The summed E-state index contributed by atoms with van der Waals surface area (Å²) in [6.07, 6.45) is 12.9. The van der Waals surface area contributed by atoms with E-state index in [0.717, 1.165) is 51.9 Å². The van der Waals surface area contributed by atoms with Crippen LogP contribution in [0.5, 0.6) is 0 Å². The molecule has 0 unspecified atom stereocenters. The van der Waals surface area contributed by atoms with Gasteiger partial charge in [0.2, 0.25) is 0 Å². The van der Waals surface area contributed by atoms with Crippen LogP contribution in [0.1, 0.15) is 299 Å². The minimum absolute atomic E-state index is 0.266. The molecule has 0 bridgehead atoms. The Hall–Kier alpha value is -8.64. The molecule has 12 heteroatoms. The lowest BCUT2D eigenvalue weighted by Crippen LogP contribution is -2.04. The van der Waals surface area contributed by atoms with E-state index in [-0.39, 0.29) is 5.92 Å². The normalized spacial score (nSPS) is 10.6. The van der Waals surface area contributed by atoms with Crippen LogP contribution in [0.4, 0.5) is 13.2 Å². The minimum Gasteiger partial charge on any atom is -0.264 e. The molecule has 101 heavy (non-hydrogen) atoms. The fourth-order valence-electron chi connectivity index (χ4n) is 8.30. The van der Waals surface area contributed by atoms with Gasteiger partial charge in [-0.3, -0.25) is 44.9 Å². The van der Waals surface area contributed by atoms with Gasteiger partial charge in [-0.2, -0.15) is 13.2 Å². The first-order valence-electron chi connectivity index (χ1n) is 35.9. The number of benzene rings is 1. The molecule has 0 atom stereocenters. The molecule has 0 aliphatic carbocycles. The molecular formula is C89H124F3N9. The zero-order valence-electron chi connectivity index (χ0n) is 66.5. The molecule has 9 aromatic heterocycles. The Morgan fingerprint density at radius 3 is 0.782 bits per heavy atom. The summed E-state index contributed by atoms with van der Waals surface area (Å²) in [4.78, 5) is 37.9. The molecule has 0 fully saturated rings. The molecule has 9 nitrogen and oxygen atoms in total. The fraction of sp³-hybridized carbons (Fsp3) is 0.427. The minimum atomic E-state index is -4.23. The van der Waals surface area contributed by atoms with Crippen molar-refractivity contribution >= 4 is 0 Å². The average molecular weight is 1380 g/mol. The van der Waals surface area contributed by atoms with Crippen molar-refractivity contribution in [1.82, 2.24) is 44.9 Å². The quantitative estimate of drug-likeness (QED) is 0.132. The fourth-order valence-corrected chi connectivity index (χ4v) is 8.30. The molecule has 546 valence electrons. The van der Waals surface area contributed by atoms with Gasteiger partial charge in [-0.15, -0.1) is 0 Å². The highest BCUT2D eigenvalue weighted by molar-refractivity contribution is 5.27. The predicted molar refractivity (Wildman–Crippen MR) is 424 cm³/mol. The van der Waals surface area contributed by atoms with Crippen LogP contribution in [-0.2, 0) is 6.18 Å². The lowest BCUT2D eigenvalue weighted by molar-refractivity contribution is -0.137. The van der Waals surface area contributed by atoms with E-state index in [2.05, 4.69) is 274 Å². The van der Waals surface area contributed by atoms with Gasteiger partial charge < -0.3 is 0 Å². The van der Waals surface area contributed by atoms with Crippen LogP contribution < -0.4 is 0 Å². The molecule has 10 aromatic rings. The van der Waals surface area contributed by atoms with Crippen molar-refractivity contribution in [1.29, 1.82) is 0 Å². The van der Waals surface area contributed by atoms with Gasteiger partial charge in [0.15, 0.2) is 0 Å². The number of halogens is 3. The third-order valence-corrected chi connectivity index (χ3v) is 15.5. The van der Waals surface area contributed by atoms with E-state index < -0.39 is 11.7 Å². The maximum absolute atomic E-state index is 12.1. The number of nitrogens with zero attached hydrogens (tertiary/aromatic N) is 9. The van der Waals surface area contributed by atoms with Gasteiger partial charge in [-0.05, 0) is 231 Å².